The van der Waals surface area contributed by atoms with Crippen LogP contribution in [0.2, 0.25) is 0 Å². The summed E-state index contributed by atoms with van der Waals surface area (Å²) in [7, 11) is 0. The second-order valence-corrected chi connectivity index (χ2v) is 4.66. The third kappa shape index (κ3) is 2.34. The fourth-order valence-corrected chi connectivity index (χ4v) is 2.33. The van der Waals surface area contributed by atoms with Gasteiger partial charge in [-0.2, -0.15) is 0 Å². The van der Waals surface area contributed by atoms with E-state index in [1.54, 1.807) is 6.07 Å². The second kappa shape index (κ2) is 4.92. The summed E-state index contributed by atoms with van der Waals surface area (Å²) in [6, 6.07) is 7.04. The monoisotopic (exact) mass is 273 g/mol. The van der Waals surface area contributed by atoms with E-state index in [0.29, 0.717) is 5.88 Å². The van der Waals surface area contributed by atoms with E-state index in [1.165, 1.54) is 11.6 Å². The summed E-state index contributed by atoms with van der Waals surface area (Å²) in [6.45, 7) is 0. The molecule has 0 bridgehead atoms. The Morgan fingerprint density at radius 2 is 2.10 bits per heavy atom. The zero-order valence-corrected chi connectivity index (χ0v) is 10.6. The number of carboxylic acids is 1. The molecule has 1 aliphatic rings. The molecule has 102 valence electrons. The zero-order chi connectivity index (χ0) is 14.1. The minimum absolute atomic E-state index is 0.0874. The Bertz CT molecular complexity index is 685. The molecule has 1 aliphatic carbocycles. The van der Waals surface area contributed by atoms with Crippen molar-refractivity contribution < 1.29 is 19.0 Å². The number of hydrogen-bond donors (Lipinski definition) is 1. The van der Waals surface area contributed by atoms with Crippen molar-refractivity contribution in [3.05, 3.63) is 53.0 Å². The molecule has 0 saturated carbocycles. The Kier molecular flexibility index (Phi) is 3.10. The Hall–Kier alpha value is -2.43. The number of nitrogens with zero attached hydrogens (tertiary/aromatic N) is 1. The summed E-state index contributed by atoms with van der Waals surface area (Å²) in [5.74, 6) is -1.43. The molecule has 1 aromatic carbocycles. The van der Waals surface area contributed by atoms with Gasteiger partial charge in [0.15, 0.2) is 0 Å². The molecular weight excluding hydrogens is 261 g/mol. The molecule has 0 saturated heterocycles. The van der Waals surface area contributed by atoms with Crippen LogP contribution in [-0.4, -0.2) is 16.1 Å². The van der Waals surface area contributed by atoms with Gasteiger partial charge < -0.3 is 9.84 Å². The topological polar surface area (TPSA) is 59.4 Å². The first kappa shape index (κ1) is 12.6. The minimum Gasteiger partial charge on any atom is -0.478 e. The van der Waals surface area contributed by atoms with Crippen molar-refractivity contribution in [2.24, 2.45) is 0 Å². The van der Waals surface area contributed by atoms with Crippen molar-refractivity contribution in [2.75, 3.05) is 0 Å². The first-order valence-electron chi connectivity index (χ1n) is 6.33. The summed E-state index contributed by atoms with van der Waals surface area (Å²) in [6.07, 6.45) is 2.99. The lowest BCUT2D eigenvalue weighted by Gasteiger charge is -2.09. The van der Waals surface area contributed by atoms with Gasteiger partial charge in [0.05, 0.1) is 0 Å². The van der Waals surface area contributed by atoms with Crippen LogP contribution in [0.4, 0.5) is 4.39 Å². The minimum atomic E-state index is -1.24. The average molecular weight is 273 g/mol. The average Bonchev–Trinajstić information content (AvgIpc) is 2.88. The molecule has 0 radical (unpaired) electrons. The van der Waals surface area contributed by atoms with Crippen molar-refractivity contribution in [2.45, 2.75) is 19.3 Å². The van der Waals surface area contributed by atoms with E-state index in [2.05, 4.69) is 4.98 Å². The summed E-state index contributed by atoms with van der Waals surface area (Å²) in [5, 5.41) is 9.06. The number of hydrogen-bond acceptors (Lipinski definition) is 3. The number of aromatic carboxylic acids is 1. The molecular formula is C15H12FNO3. The summed E-state index contributed by atoms with van der Waals surface area (Å²) < 4.78 is 18.6. The number of aryl methyl sites for hydroxylation is 2. The van der Waals surface area contributed by atoms with E-state index in [1.807, 2.05) is 6.07 Å². The summed E-state index contributed by atoms with van der Waals surface area (Å²) in [4.78, 5) is 15.4. The number of benzene rings is 1. The predicted molar refractivity (Wildman–Crippen MR) is 69.7 cm³/mol. The molecule has 0 unspecified atom stereocenters. The molecule has 1 aromatic heterocycles. The maximum Gasteiger partial charge on any atom is 0.339 e. The number of ether oxygens (including phenoxy) is 1. The molecule has 20 heavy (non-hydrogen) atoms. The smallest absolute Gasteiger partial charge is 0.339 e. The molecule has 1 heterocycles. The lowest BCUT2D eigenvalue weighted by Crippen LogP contribution is -2.02. The molecule has 0 fully saturated rings. The normalized spacial score (nSPS) is 13.1. The first-order chi connectivity index (χ1) is 9.63. The van der Waals surface area contributed by atoms with Crippen LogP contribution in [0.25, 0.3) is 0 Å². The summed E-state index contributed by atoms with van der Waals surface area (Å²) >= 11 is 0. The SMILES string of the molecule is O=C(O)c1cc(F)ccc1Oc1ccc2c(n1)CCC2. The first-order valence-corrected chi connectivity index (χ1v) is 6.33. The van der Waals surface area contributed by atoms with Gasteiger partial charge in [-0.25, -0.2) is 14.2 Å². The van der Waals surface area contributed by atoms with Crippen LogP contribution in [-0.2, 0) is 12.8 Å². The molecule has 0 atom stereocenters. The van der Waals surface area contributed by atoms with Gasteiger partial charge in [-0.05, 0) is 43.0 Å². The number of carbonyl (C=O) groups is 1. The third-order valence-corrected chi connectivity index (χ3v) is 3.29. The fourth-order valence-electron chi connectivity index (χ4n) is 2.33. The van der Waals surface area contributed by atoms with E-state index in [0.717, 1.165) is 37.1 Å². The molecule has 3 rings (SSSR count). The number of pyridine rings is 1. The molecule has 0 amide bonds. The largest absolute Gasteiger partial charge is 0.478 e. The highest BCUT2D eigenvalue weighted by molar-refractivity contribution is 5.90. The van der Waals surface area contributed by atoms with Crippen molar-refractivity contribution >= 4 is 5.97 Å². The second-order valence-electron chi connectivity index (χ2n) is 4.66. The number of rotatable bonds is 3. The Morgan fingerprint density at radius 3 is 2.90 bits per heavy atom. The molecule has 2 aromatic rings. The Morgan fingerprint density at radius 1 is 1.25 bits per heavy atom. The fraction of sp³-hybridized carbons (Fsp3) is 0.200. The standard InChI is InChI=1S/C15H12FNO3/c16-10-5-6-13(11(8-10)15(18)19)20-14-7-4-9-2-1-3-12(9)17-14/h4-8H,1-3H2,(H,18,19). The Balaban J connectivity index is 1.93. The van der Waals surface area contributed by atoms with E-state index < -0.39 is 11.8 Å². The number of fused-ring (bicyclic) bond motifs is 1. The van der Waals surface area contributed by atoms with Gasteiger partial charge in [-0.1, -0.05) is 6.07 Å². The zero-order valence-electron chi connectivity index (χ0n) is 10.6. The van der Waals surface area contributed by atoms with Crippen LogP contribution in [0.5, 0.6) is 11.6 Å². The highest BCUT2D eigenvalue weighted by Gasteiger charge is 2.16. The molecule has 1 N–H and O–H groups in total. The van der Waals surface area contributed by atoms with Crippen molar-refractivity contribution in [3.8, 4) is 11.6 Å². The molecule has 0 spiro atoms. The van der Waals surface area contributed by atoms with Gasteiger partial charge in [-0.15, -0.1) is 0 Å². The number of halogens is 1. The van der Waals surface area contributed by atoms with E-state index >= 15 is 0 Å². The van der Waals surface area contributed by atoms with Crippen LogP contribution < -0.4 is 4.74 Å². The van der Waals surface area contributed by atoms with E-state index in [9.17, 15) is 9.18 Å². The number of carboxylic acid groups (broad SMARTS) is 1. The van der Waals surface area contributed by atoms with Crippen LogP contribution >= 0.6 is 0 Å². The van der Waals surface area contributed by atoms with Crippen LogP contribution in [0, 0.1) is 5.82 Å². The van der Waals surface area contributed by atoms with Crippen molar-refractivity contribution in [1.29, 1.82) is 0 Å². The van der Waals surface area contributed by atoms with E-state index in [-0.39, 0.29) is 11.3 Å². The highest BCUT2D eigenvalue weighted by atomic mass is 19.1. The van der Waals surface area contributed by atoms with Crippen molar-refractivity contribution in [3.63, 3.8) is 0 Å². The van der Waals surface area contributed by atoms with Gasteiger partial charge in [0, 0.05) is 11.8 Å². The maximum atomic E-state index is 13.1. The van der Waals surface area contributed by atoms with Gasteiger partial charge >= 0.3 is 5.97 Å². The molecule has 5 heteroatoms. The van der Waals surface area contributed by atoms with Gasteiger partial charge in [-0.3, -0.25) is 0 Å². The molecule has 4 nitrogen and oxygen atoms in total. The lowest BCUT2D eigenvalue weighted by molar-refractivity contribution is 0.0693. The summed E-state index contributed by atoms with van der Waals surface area (Å²) in [5.41, 5.74) is 1.98. The number of aromatic nitrogens is 1. The van der Waals surface area contributed by atoms with Crippen LogP contribution in [0.15, 0.2) is 30.3 Å². The Labute approximate surface area is 114 Å². The van der Waals surface area contributed by atoms with Gasteiger partial charge in [0.1, 0.15) is 17.1 Å². The maximum absolute atomic E-state index is 13.1. The predicted octanol–water partition coefficient (Wildman–Crippen LogP) is 3.20. The lowest BCUT2D eigenvalue weighted by atomic mass is 10.2. The van der Waals surface area contributed by atoms with Crippen molar-refractivity contribution in [1.82, 2.24) is 4.98 Å². The molecule has 0 aliphatic heterocycles. The third-order valence-electron chi connectivity index (χ3n) is 3.29. The van der Waals surface area contributed by atoms with E-state index in [4.69, 9.17) is 9.84 Å². The van der Waals surface area contributed by atoms with Crippen LogP contribution in [0.1, 0.15) is 28.0 Å². The van der Waals surface area contributed by atoms with Gasteiger partial charge in [0.25, 0.3) is 0 Å². The van der Waals surface area contributed by atoms with Gasteiger partial charge in [0.2, 0.25) is 5.88 Å². The quantitative estimate of drug-likeness (QED) is 0.932. The van der Waals surface area contributed by atoms with Crippen LogP contribution in [0.3, 0.4) is 0 Å². The highest BCUT2D eigenvalue weighted by Crippen LogP contribution is 2.28.